The SMILES string of the molecule is CCN1C=CN(C(c2ccccc2)c2ccccc2)C1. The highest BCUT2D eigenvalue weighted by molar-refractivity contribution is 5.32. The molecule has 2 aromatic carbocycles. The average molecular weight is 264 g/mol. The molecular weight excluding hydrogens is 244 g/mol. The average Bonchev–Trinajstić information content (AvgIpc) is 2.98. The number of rotatable bonds is 4. The van der Waals surface area contributed by atoms with E-state index in [4.69, 9.17) is 0 Å². The molecule has 1 heterocycles. The molecular formula is C18H20N2. The van der Waals surface area contributed by atoms with E-state index < -0.39 is 0 Å². The van der Waals surface area contributed by atoms with Gasteiger partial charge in [-0.05, 0) is 18.1 Å². The van der Waals surface area contributed by atoms with Crippen molar-refractivity contribution in [2.24, 2.45) is 0 Å². The Morgan fingerprint density at radius 3 is 1.85 bits per heavy atom. The fourth-order valence-electron chi connectivity index (χ4n) is 2.70. The topological polar surface area (TPSA) is 6.48 Å². The first-order chi connectivity index (χ1) is 9.88. The van der Waals surface area contributed by atoms with E-state index in [1.165, 1.54) is 11.1 Å². The van der Waals surface area contributed by atoms with Crippen molar-refractivity contribution >= 4 is 0 Å². The molecule has 0 unspecified atom stereocenters. The lowest BCUT2D eigenvalue weighted by Gasteiger charge is -2.30. The fourth-order valence-corrected chi connectivity index (χ4v) is 2.70. The molecule has 0 fully saturated rings. The van der Waals surface area contributed by atoms with Crippen molar-refractivity contribution in [2.45, 2.75) is 13.0 Å². The van der Waals surface area contributed by atoms with Crippen molar-refractivity contribution in [3.8, 4) is 0 Å². The molecule has 20 heavy (non-hydrogen) atoms. The zero-order chi connectivity index (χ0) is 13.8. The molecule has 0 aliphatic carbocycles. The molecule has 1 aliphatic heterocycles. The highest BCUT2D eigenvalue weighted by Crippen LogP contribution is 2.30. The van der Waals surface area contributed by atoms with Crippen molar-refractivity contribution in [1.29, 1.82) is 0 Å². The van der Waals surface area contributed by atoms with Gasteiger partial charge in [0.1, 0.15) is 0 Å². The van der Waals surface area contributed by atoms with Crippen LogP contribution in [0.25, 0.3) is 0 Å². The van der Waals surface area contributed by atoms with Gasteiger partial charge >= 0.3 is 0 Å². The van der Waals surface area contributed by atoms with Crippen LogP contribution >= 0.6 is 0 Å². The van der Waals surface area contributed by atoms with E-state index in [0.29, 0.717) is 0 Å². The van der Waals surface area contributed by atoms with Crippen LogP contribution in [0.4, 0.5) is 0 Å². The summed E-state index contributed by atoms with van der Waals surface area (Å²) in [7, 11) is 0. The Hall–Kier alpha value is -2.22. The Labute approximate surface area is 121 Å². The second-order valence-electron chi connectivity index (χ2n) is 5.08. The second kappa shape index (κ2) is 5.83. The molecule has 0 aromatic heterocycles. The van der Waals surface area contributed by atoms with Gasteiger partial charge in [0.2, 0.25) is 0 Å². The van der Waals surface area contributed by atoms with E-state index >= 15 is 0 Å². The number of hydrogen-bond acceptors (Lipinski definition) is 2. The Balaban J connectivity index is 1.95. The first-order valence-electron chi connectivity index (χ1n) is 7.16. The highest BCUT2D eigenvalue weighted by Gasteiger charge is 2.23. The van der Waals surface area contributed by atoms with Crippen LogP contribution in [-0.2, 0) is 0 Å². The lowest BCUT2D eigenvalue weighted by Crippen LogP contribution is -2.29. The maximum atomic E-state index is 2.40. The normalized spacial score (nSPS) is 14.3. The zero-order valence-corrected chi connectivity index (χ0v) is 11.8. The Morgan fingerprint density at radius 1 is 0.850 bits per heavy atom. The Kier molecular flexibility index (Phi) is 3.73. The van der Waals surface area contributed by atoms with Crippen LogP contribution in [0.1, 0.15) is 24.1 Å². The third-order valence-corrected chi connectivity index (χ3v) is 3.78. The minimum Gasteiger partial charge on any atom is -0.359 e. The minimum absolute atomic E-state index is 0.283. The summed E-state index contributed by atoms with van der Waals surface area (Å²) in [5.41, 5.74) is 2.67. The van der Waals surface area contributed by atoms with E-state index in [-0.39, 0.29) is 6.04 Å². The predicted octanol–water partition coefficient (Wildman–Crippen LogP) is 3.84. The molecule has 0 spiro atoms. The Bertz CT molecular complexity index is 523. The van der Waals surface area contributed by atoms with Crippen molar-refractivity contribution < 1.29 is 0 Å². The number of nitrogens with zero attached hydrogens (tertiary/aromatic N) is 2. The first-order valence-corrected chi connectivity index (χ1v) is 7.16. The summed E-state index contributed by atoms with van der Waals surface area (Å²) >= 11 is 0. The van der Waals surface area contributed by atoms with Gasteiger partial charge in [-0.15, -0.1) is 0 Å². The highest BCUT2D eigenvalue weighted by atomic mass is 15.3. The van der Waals surface area contributed by atoms with Crippen molar-refractivity contribution in [1.82, 2.24) is 9.80 Å². The van der Waals surface area contributed by atoms with Gasteiger partial charge in [0.25, 0.3) is 0 Å². The number of benzene rings is 2. The zero-order valence-electron chi connectivity index (χ0n) is 11.8. The monoisotopic (exact) mass is 264 g/mol. The van der Waals surface area contributed by atoms with Gasteiger partial charge in [-0.25, -0.2) is 0 Å². The van der Waals surface area contributed by atoms with Gasteiger partial charge in [-0.3, -0.25) is 0 Å². The third kappa shape index (κ3) is 2.55. The second-order valence-corrected chi connectivity index (χ2v) is 5.08. The molecule has 0 saturated carbocycles. The van der Waals surface area contributed by atoms with Gasteiger partial charge in [-0.1, -0.05) is 60.7 Å². The van der Waals surface area contributed by atoms with E-state index in [1.54, 1.807) is 0 Å². The van der Waals surface area contributed by atoms with Gasteiger partial charge in [-0.2, -0.15) is 0 Å². The minimum atomic E-state index is 0.283. The standard InChI is InChI=1S/C18H20N2/c1-2-19-13-14-20(15-19)18(16-9-5-3-6-10-16)17-11-7-4-8-12-17/h3-14,18H,2,15H2,1H3. The summed E-state index contributed by atoms with van der Waals surface area (Å²) in [4.78, 5) is 4.72. The summed E-state index contributed by atoms with van der Waals surface area (Å²) in [5.74, 6) is 0. The van der Waals surface area contributed by atoms with E-state index in [1.807, 2.05) is 0 Å². The van der Waals surface area contributed by atoms with E-state index in [0.717, 1.165) is 13.2 Å². The van der Waals surface area contributed by atoms with Crippen LogP contribution in [0.5, 0.6) is 0 Å². The van der Waals surface area contributed by atoms with Gasteiger partial charge < -0.3 is 9.80 Å². The quantitative estimate of drug-likeness (QED) is 0.827. The van der Waals surface area contributed by atoms with Crippen molar-refractivity contribution in [3.05, 3.63) is 84.2 Å². The van der Waals surface area contributed by atoms with Crippen LogP contribution in [-0.4, -0.2) is 23.0 Å². The summed E-state index contributed by atoms with van der Waals surface area (Å²) in [6.07, 6.45) is 4.38. The van der Waals surface area contributed by atoms with Crippen molar-refractivity contribution in [3.63, 3.8) is 0 Å². The largest absolute Gasteiger partial charge is 0.359 e. The van der Waals surface area contributed by atoms with Crippen LogP contribution < -0.4 is 0 Å². The van der Waals surface area contributed by atoms with E-state index in [9.17, 15) is 0 Å². The van der Waals surface area contributed by atoms with Gasteiger partial charge in [0.05, 0.1) is 12.7 Å². The van der Waals surface area contributed by atoms with Crippen LogP contribution in [0, 0.1) is 0 Å². The summed E-state index contributed by atoms with van der Waals surface area (Å²) in [6.45, 7) is 4.18. The molecule has 3 rings (SSSR count). The van der Waals surface area contributed by atoms with Crippen LogP contribution in [0.3, 0.4) is 0 Å². The van der Waals surface area contributed by atoms with Crippen molar-refractivity contribution in [2.75, 3.05) is 13.2 Å². The molecule has 0 amide bonds. The summed E-state index contributed by atoms with van der Waals surface area (Å²) < 4.78 is 0. The lowest BCUT2D eigenvalue weighted by atomic mass is 9.98. The molecule has 1 aliphatic rings. The van der Waals surface area contributed by atoms with Gasteiger partial charge in [0, 0.05) is 18.9 Å². The summed E-state index contributed by atoms with van der Waals surface area (Å²) in [5, 5.41) is 0. The fraction of sp³-hybridized carbons (Fsp3) is 0.222. The predicted molar refractivity (Wildman–Crippen MR) is 83.0 cm³/mol. The molecule has 0 bridgehead atoms. The molecule has 2 aromatic rings. The maximum Gasteiger partial charge on any atom is 0.0902 e. The molecule has 102 valence electrons. The molecule has 0 saturated heterocycles. The molecule has 2 nitrogen and oxygen atoms in total. The van der Waals surface area contributed by atoms with E-state index in [2.05, 4.69) is 89.8 Å². The van der Waals surface area contributed by atoms with Gasteiger partial charge in [0.15, 0.2) is 0 Å². The molecule has 0 atom stereocenters. The van der Waals surface area contributed by atoms with Crippen LogP contribution in [0.2, 0.25) is 0 Å². The number of hydrogen-bond donors (Lipinski definition) is 0. The summed E-state index contributed by atoms with van der Waals surface area (Å²) in [6, 6.07) is 21.7. The first kappa shape index (κ1) is 12.8. The molecule has 0 N–H and O–H groups in total. The molecule has 0 radical (unpaired) electrons. The smallest absolute Gasteiger partial charge is 0.0902 e. The third-order valence-electron chi connectivity index (χ3n) is 3.78. The maximum absolute atomic E-state index is 2.40. The van der Waals surface area contributed by atoms with Crippen LogP contribution in [0.15, 0.2) is 73.1 Å². The molecule has 2 heteroatoms. The lowest BCUT2D eigenvalue weighted by molar-refractivity contribution is 0.239. The Morgan fingerprint density at radius 2 is 1.40 bits per heavy atom.